The molecule has 1 aromatic carbocycles. The van der Waals surface area contributed by atoms with Crippen molar-refractivity contribution in [2.24, 2.45) is 0 Å². The van der Waals surface area contributed by atoms with Crippen molar-refractivity contribution < 1.29 is 14.3 Å². The molecule has 8 heteroatoms. The van der Waals surface area contributed by atoms with Gasteiger partial charge in [-0.1, -0.05) is 11.6 Å². The number of nitrogens with one attached hydrogen (secondary N) is 1. The molecule has 2 heterocycles. The summed E-state index contributed by atoms with van der Waals surface area (Å²) < 4.78 is 7.16. The third-order valence-corrected chi connectivity index (χ3v) is 6.69. The van der Waals surface area contributed by atoms with Crippen LogP contribution in [0.3, 0.4) is 0 Å². The fourth-order valence-electron chi connectivity index (χ4n) is 3.56. The van der Waals surface area contributed by atoms with Crippen LogP contribution in [-0.4, -0.2) is 23.1 Å². The van der Waals surface area contributed by atoms with Crippen molar-refractivity contribution in [2.75, 3.05) is 11.9 Å². The van der Waals surface area contributed by atoms with Crippen LogP contribution >= 0.6 is 22.9 Å². The van der Waals surface area contributed by atoms with Gasteiger partial charge in [-0.15, -0.1) is 11.3 Å². The van der Waals surface area contributed by atoms with Crippen LogP contribution in [0.5, 0.6) is 0 Å². The van der Waals surface area contributed by atoms with E-state index in [0.29, 0.717) is 15.6 Å². The van der Waals surface area contributed by atoms with E-state index in [-0.39, 0.29) is 12.2 Å². The maximum atomic E-state index is 12.9. The Morgan fingerprint density at radius 1 is 1.21 bits per heavy atom. The molecule has 6 nitrogen and oxygen atoms in total. The molecule has 0 spiro atoms. The van der Waals surface area contributed by atoms with Gasteiger partial charge in [0.05, 0.1) is 12.2 Å². The van der Waals surface area contributed by atoms with Gasteiger partial charge in [0.25, 0.3) is 5.91 Å². The van der Waals surface area contributed by atoms with Crippen molar-refractivity contribution in [3.05, 3.63) is 73.9 Å². The van der Waals surface area contributed by atoms with Gasteiger partial charge in [0.2, 0.25) is 0 Å². The Bertz CT molecular complexity index is 1290. The monoisotopic (exact) mass is 481 g/mol. The Morgan fingerprint density at radius 2 is 1.88 bits per heavy atom. The van der Waals surface area contributed by atoms with Crippen molar-refractivity contribution in [2.45, 2.75) is 34.6 Å². The van der Waals surface area contributed by atoms with Crippen LogP contribution in [0.25, 0.3) is 11.8 Å². The number of aryl methyl sites for hydroxylation is 2. The van der Waals surface area contributed by atoms with Gasteiger partial charge in [0.15, 0.2) is 0 Å². The number of aromatic nitrogens is 1. The summed E-state index contributed by atoms with van der Waals surface area (Å²) in [6, 6.07) is 11.3. The summed E-state index contributed by atoms with van der Waals surface area (Å²) in [4.78, 5) is 26.2. The molecule has 0 aliphatic carbocycles. The van der Waals surface area contributed by atoms with Crippen LogP contribution in [-0.2, 0) is 9.53 Å². The quantitative estimate of drug-likeness (QED) is 0.260. The number of nitriles is 1. The van der Waals surface area contributed by atoms with Gasteiger partial charge >= 0.3 is 5.97 Å². The number of carbonyl (C=O) groups is 2. The number of nitrogens with zero attached hydrogens (tertiary/aromatic N) is 2. The van der Waals surface area contributed by atoms with Crippen molar-refractivity contribution >= 4 is 45.9 Å². The van der Waals surface area contributed by atoms with Crippen LogP contribution in [0.1, 0.15) is 44.7 Å². The Labute approximate surface area is 202 Å². The van der Waals surface area contributed by atoms with E-state index in [9.17, 15) is 14.9 Å². The van der Waals surface area contributed by atoms with Crippen LogP contribution in [0.4, 0.5) is 5.00 Å². The molecule has 0 aliphatic rings. The number of ether oxygens (including phenoxy) is 1. The van der Waals surface area contributed by atoms with Crippen molar-refractivity contribution in [1.82, 2.24) is 4.57 Å². The number of hydrogen-bond donors (Lipinski definition) is 1. The minimum absolute atomic E-state index is 0.0649. The van der Waals surface area contributed by atoms with E-state index in [2.05, 4.69) is 5.32 Å². The lowest BCUT2D eigenvalue weighted by Gasteiger charge is -2.10. The van der Waals surface area contributed by atoms with Gasteiger partial charge in [0, 0.05) is 27.0 Å². The fourth-order valence-corrected chi connectivity index (χ4v) is 4.73. The summed E-state index contributed by atoms with van der Waals surface area (Å²) in [7, 11) is 0. The van der Waals surface area contributed by atoms with Crippen molar-refractivity contribution in [3.63, 3.8) is 0 Å². The molecule has 1 amide bonds. The second-order valence-electron chi connectivity index (χ2n) is 7.47. The van der Waals surface area contributed by atoms with Gasteiger partial charge in [-0.25, -0.2) is 4.79 Å². The number of esters is 1. The summed E-state index contributed by atoms with van der Waals surface area (Å²) in [5, 5.41) is 13.4. The number of benzene rings is 1. The molecule has 3 rings (SSSR count). The molecule has 0 unspecified atom stereocenters. The summed E-state index contributed by atoms with van der Waals surface area (Å²) in [5.41, 5.74) is 4.52. The number of carbonyl (C=O) groups excluding carboxylic acids is 2. The molecule has 0 aliphatic heterocycles. The molecule has 0 saturated carbocycles. The number of amides is 1. The van der Waals surface area contributed by atoms with E-state index in [4.69, 9.17) is 16.3 Å². The fraction of sp³-hybridized carbons (Fsp3) is 0.240. The van der Waals surface area contributed by atoms with E-state index in [1.54, 1.807) is 19.9 Å². The van der Waals surface area contributed by atoms with Crippen molar-refractivity contribution in [1.29, 1.82) is 5.26 Å². The molecule has 0 radical (unpaired) electrons. The number of rotatable bonds is 6. The first-order valence-corrected chi connectivity index (χ1v) is 11.5. The SMILES string of the molecule is CCOC(=O)c1c(NC(=O)/C(C#N)=C/c2cc(C)n(-c3ccc(Cl)cc3)c2C)sc(C)c1C. The first-order chi connectivity index (χ1) is 15.7. The van der Waals surface area contributed by atoms with Gasteiger partial charge in [-0.2, -0.15) is 5.26 Å². The maximum absolute atomic E-state index is 12.9. The average Bonchev–Trinajstić information content (AvgIpc) is 3.21. The Morgan fingerprint density at radius 3 is 2.48 bits per heavy atom. The minimum atomic E-state index is -0.583. The molecule has 0 bridgehead atoms. The maximum Gasteiger partial charge on any atom is 0.341 e. The molecule has 0 saturated heterocycles. The molecule has 0 atom stereocenters. The van der Waals surface area contributed by atoms with Gasteiger partial charge < -0.3 is 14.6 Å². The zero-order valence-electron chi connectivity index (χ0n) is 19.1. The molecule has 3 aromatic rings. The van der Waals surface area contributed by atoms with Gasteiger partial charge in [-0.05, 0) is 82.2 Å². The summed E-state index contributed by atoms with van der Waals surface area (Å²) >= 11 is 7.29. The normalized spacial score (nSPS) is 11.2. The summed E-state index contributed by atoms with van der Waals surface area (Å²) in [6.45, 7) is 9.50. The van der Waals surface area contributed by atoms with E-state index >= 15 is 0 Å². The van der Waals surface area contributed by atoms with Gasteiger partial charge in [-0.3, -0.25) is 4.79 Å². The predicted molar refractivity (Wildman–Crippen MR) is 132 cm³/mol. The van der Waals surface area contributed by atoms with E-state index in [0.717, 1.165) is 33.1 Å². The van der Waals surface area contributed by atoms with E-state index < -0.39 is 11.9 Å². The number of thiophene rings is 1. The zero-order valence-corrected chi connectivity index (χ0v) is 20.6. The van der Waals surface area contributed by atoms with Crippen LogP contribution in [0.2, 0.25) is 5.02 Å². The highest BCUT2D eigenvalue weighted by Crippen LogP contribution is 2.33. The molecule has 0 fully saturated rings. The van der Waals surface area contributed by atoms with Crippen molar-refractivity contribution in [3.8, 4) is 11.8 Å². The minimum Gasteiger partial charge on any atom is -0.462 e. The summed E-state index contributed by atoms with van der Waals surface area (Å²) in [6.07, 6.45) is 1.56. The van der Waals surface area contributed by atoms with Crippen LogP contribution < -0.4 is 5.32 Å². The highest BCUT2D eigenvalue weighted by molar-refractivity contribution is 7.16. The Hall–Kier alpha value is -3.34. The predicted octanol–water partition coefficient (Wildman–Crippen LogP) is 6.15. The molecule has 1 N–H and O–H groups in total. The highest BCUT2D eigenvalue weighted by atomic mass is 35.5. The lowest BCUT2D eigenvalue weighted by molar-refractivity contribution is -0.112. The third-order valence-electron chi connectivity index (χ3n) is 5.31. The second-order valence-corrected chi connectivity index (χ2v) is 9.13. The number of anilines is 1. The lowest BCUT2D eigenvalue weighted by atomic mass is 10.1. The zero-order chi connectivity index (χ0) is 24.3. The van der Waals surface area contributed by atoms with E-state index in [1.807, 2.05) is 61.7 Å². The Kier molecular flexibility index (Phi) is 7.42. The molecular weight excluding hydrogens is 458 g/mol. The Balaban J connectivity index is 1.94. The lowest BCUT2D eigenvalue weighted by Crippen LogP contribution is -2.16. The smallest absolute Gasteiger partial charge is 0.341 e. The topological polar surface area (TPSA) is 84.1 Å². The third kappa shape index (κ3) is 5.03. The molecule has 170 valence electrons. The second kappa shape index (κ2) is 10.1. The molecule has 33 heavy (non-hydrogen) atoms. The van der Waals surface area contributed by atoms with Gasteiger partial charge in [0.1, 0.15) is 16.6 Å². The van der Waals surface area contributed by atoms with E-state index in [1.165, 1.54) is 11.3 Å². The largest absolute Gasteiger partial charge is 0.462 e. The molecular formula is C25H24ClN3O3S. The molecule has 2 aromatic heterocycles. The first kappa shape index (κ1) is 24.3. The van der Waals surface area contributed by atoms with Crippen LogP contribution in [0.15, 0.2) is 35.9 Å². The average molecular weight is 482 g/mol. The highest BCUT2D eigenvalue weighted by Gasteiger charge is 2.23. The summed E-state index contributed by atoms with van der Waals surface area (Å²) in [5.74, 6) is -1.08. The number of halogens is 1. The number of hydrogen-bond acceptors (Lipinski definition) is 5. The standard InChI is InChI=1S/C25H24ClN3O3S/c1-6-32-25(31)22-15(3)17(5)33-24(22)28-23(30)19(13-27)12-18-11-14(2)29(16(18)4)21-9-7-20(26)8-10-21/h7-12H,6H2,1-5H3,(H,28,30)/b19-12+. The van der Waals surface area contributed by atoms with Crippen LogP contribution in [0, 0.1) is 39.0 Å². The first-order valence-electron chi connectivity index (χ1n) is 10.3.